The summed E-state index contributed by atoms with van der Waals surface area (Å²) in [6, 6.07) is 0. The van der Waals surface area contributed by atoms with E-state index in [0.29, 0.717) is 0 Å². The molecule has 0 saturated carbocycles. The lowest BCUT2D eigenvalue weighted by molar-refractivity contribution is -0.148. The third-order valence-corrected chi connectivity index (χ3v) is 0.301. The van der Waals surface area contributed by atoms with E-state index in [1.165, 1.54) is 0 Å². The molecule has 0 bridgehead atoms. The van der Waals surface area contributed by atoms with Gasteiger partial charge in [0.15, 0.2) is 0 Å². The second-order valence-corrected chi connectivity index (χ2v) is 1.57. The molecule has 0 rings (SSSR count). The zero-order valence-corrected chi connectivity index (χ0v) is 5.87. The van der Waals surface area contributed by atoms with E-state index in [0.717, 1.165) is 6.92 Å². The maximum atomic E-state index is 9.54. The highest BCUT2D eigenvalue weighted by atomic mass is 31.1. The van der Waals surface area contributed by atoms with Crippen molar-refractivity contribution in [2.75, 3.05) is 0 Å². The fourth-order valence-electron chi connectivity index (χ4n) is 0. The third kappa shape index (κ3) is 28.0. The van der Waals surface area contributed by atoms with Crippen molar-refractivity contribution in [2.45, 2.75) is 6.92 Å². The number of carbonyl (C=O) groups excluding carboxylic acids is 1. The van der Waals surface area contributed by atoms with Crippen molar-refractivity contribution < 1.29 is 28.7 Å². The van der Waals surface area contributed by atoms with Gasteiger partial charge in [-0.3, -0.25) is 9.69 Å². The van der Waals surface area contributed by atoms with Crippen LogP contribution in [0, 0.1) is 0 Å². The van der Waals surface area contributed by atoms with Crippen LogP contribution >= 0.6 is 7.91 Å². The summed E-state index contributed by atoms with van der Waals surface area (Å²) in [7, 11) is -3.12. The van der Waals surface area contributed by atoms with Crippen molar-refractivity contribution in [3.63, 3.8) is 0 Å². The topological polar surface area (TPSA) is 109 Å². The van der Waals surface area contributed by atoms with Gasteiger partial charge in [-0.2, -0.15) is 0 Å². The Bertz CT molecular complexity index is 171. The maximum Gasteiger partial charge on any atom is 0.465 e. The highest BCUT2D eigenvalue weighted by molar-refractivity contribution is 7.23. The Kier molecular flexibility index (Phi) is 7.20. The monoisotopic (exact) mass is 168 g/mol. The van der Waals surface area contributed by atoms with E-state index < -0.39 is 19.7 Å². The van der Waals surface area contributed by atoms with Gasteiger partial charge in [-0.05, 0) is 0 Å². The Hall–Kier alpha value is -1.00. The van der Waals surface area contributed by atoms with Crippen molar-refractivity contribution in [2.24, 2.45) is 0 Å². The van der Waals surface area contributed by atoms with Crippen LogP contribution in [0.5, 0.6) is 0 Å². The average molecular weight is 168 g/mol. The number of aliphatic carboxylic acids is 1. The minimum atomic E-state index is -3.12. The maximum absolute atomic E-state index is 9.54. The summed E-state index contributed by atoms with van der Waals surface area (Å²) in [5.74, 6) is -2.20. The first-order valence-electron chi connectivity index (χ1n) is 1.95. The van der Waals surface area contributed by atoms with Crippen LogP contribution in [-0.4, -0.2) is 21.8 Å². The largest absolute Gasteiger partial charge is 0.476 e. The lowest BCUT2D eigenvalue weighted by Gasteiger charge is -1.73. The summed E-state index contributed by atoms with van der Waals surface area (Å²) in [6.45, 7) is 1.00. The first kappa shape index (κ1) is 11.8. The second-order valence-electron chi connectivity index (χ2n) is 1.10. The van der Waals surface area contributed by atoms with Crippen LogP contribution in [0.3, 0.4) is 0 Å². The van der Waals surface area contributed by atoms with Gasteiger partial charge in [0.1, 0.15) is 0 Å². The van der Waals surface area contributed by atoms with Gasteiger partial charge in [0.25, 0.3) is 0 Å². The van der Waals surface area contributed by atoms with Gasteiger partial charge in [0.2, 0.25) is 5.78 Å². The van der Waals surface area contributed by atoms with Gasteiger partial charge in [-0.15, -0.1) is 0 Å². The lowest BCUT2D eigenvalue weighted by Crippen LogP contribution is -2.05. The molecule has 0 aliphatic carbocycles. The van der Waals surface area contributed by atoms with Gasteiger partial charge in [0.05, 0.1) is 0 Å². The van der Waals surface area contributed by atoms with Crippen LogP contribution < -0.4 is 0 Å². The molecule has 0 heterocycles. The number of Topliss-reactive ketones (excluding diaryl/α,β-unsaturated/α-hetero) is 1. The molecule has 0 fully saturated rings. The molecule has 58 valence electrons. The first-order chi connectivity index (χ1) is 4.37. The Morgan fingerprint density at radius 2 is 1.40 bits per heavy atom. The smallest absolute Gasteiger partial charge is 0.465 e. The molecule has 0 aromatic rings. The summed E-state index contributed by atoms with van der Waals surface area (Å²) in [5, 5.41) is 7.64. The normalized spacial score (nSPS) is 7.00. The van der Waals surface area contributed by atoms with E-state index >= 15 is 0 Å². The molecule has 7 heteroatoms. The van der Waals surface area contributed by atoms with E-state index in [1.807, 2.05) is 0 Å². The van der Waals surface area contributed by atoms with Crippen molar-refractivity contribution >= 4 is 19.7 Å². The van der Waals surface area contributed by atoms with Crippen LogP contribution in [0.2, 0.25) is 0 Å². The van der Waals surface area contributed by atoms with Crippen LogP contribution in [0.25, 0.3) is 0 Å². The number of rotatable bonds is 1. The predicted molar refractivity (Wildman–Crippen MR) is 28.8 cm³/mol. The minimum absolute atomic E-state index is 0.824. The molecule has 10 heavy (non-hydrogen) atoms. The zero-order chi connectivity index (χ0) is 8.73. The molecule has 0 unspecified atom stereocenters. The zero-order valence-electron chi connectivity index (χ0n) is 4.97. The molecule has 0 saturated heterocycles. The third-order valence-electron chi connectivity index (χ3n) is 0.301. The van der Waals surface area contributed by atoms with Gasteiger partial charge >= 0.3 is 13.9 Å². The fraction of sp³-hybridized carbons (Fsp3) is 0.333. The van der Waals surface area contributed by atoms with Gasteiger partial charge in [0, 0.05) is 6.92 Å². The van der Waals surface area contributed by atoms with Crippen molar-refractivity contribution in [3.8, 4) is 0 Å². The van der Waals surface area contributed by atoms with E-state index in [4.69, 9.17) is 19.1 Å². The lowest BCUT2D eigenvalue weighted by atomic mass is 10.5. The molecule has 0 aromatic heterocycles. The molecule has 0 aliphatic heterocycles. The second kappa shape index (κ2) is 6.12. The van der Waals surface area contributed by atoms with Crippen LogP contribution in [0.4, 0.5) is 0 Å². The molecule has 6 nitrogen and oxygen atoms in total. The Morgan fingerprint density at radius 1 is 1.30 bits per heavy atom. The molecule has 0 radical (unpaired) electrons. The molecule has 0 aromatic carbocycles. The van der Waals surface area contributed by atoms with Crippen LogP contribution in [0.15, 0.2) is 0 Å². The quantitative estimate of drug-likeness (QED) is 0.411. The predicted octanol–water partition coefficient (Wildman–Crippen LogP) is -0.273. The van der Waals surface area contributed by atoms with Crippen molar-refractivity contribution in [1.82, 2.24) is 0 Å². The summed E-state index contributed by atoms with van der Waals surface area (Å²) < 4.78 is 17.2. The molecule has 2 N–H and O–H groups in total. The summed E-state index contributed by atoms with van der Waals surface area (Å²) >= 11 is 0. The van der Waals surface area contributed by atoms with Crippen molar-refractivity contribution in [1.29, 1.82) is 0 Å². The Labute approximate surface area is 56.4 Å². The van der Waals surface area contributed by atoms with Gasteiger partial charge < -0.3 is 5.11 Å². The van der Waals surface area contributed by atoms with E-state index in [2.05, 4.69) is 0 Å². The number of hydrogen-bond donors (Lipinski definition) is 2. The summed E-state index contributed by atoms with van der Waals surface area (Å²) in [4.78, 5) is 25.9. The molecular weight excluding hydrogens is 163 g/mol. The molecule has 0 amide bonds. The molecular formula is C3H5O6P. The highest BCUT2D eigenvalue weighted by Gasteiger charge is 1.98. The Morgan fingerprint density at radius 3 is 1.40 bits per heavy atom. The van der Waals surface area contributed by atoms with E-state index in [-0.39, 0.29) is 0 Å². The SMILES string of the molecule is CC(=O)C(=O)O.O=P(=O)O. The average Bonchev–Trinajstić information content (AvgIpc) is 1.63. The van der Waals surface area contributed by atoms with Crippen LogP contribution in [-0.2, 0) is 18.7 Å². The highest BCUT2D eigenvalue weighted by Crippen LogP contribution is 1.84. The Balaban J connectivity index is 0. The summed E-state index contributed by atoms with van der Waals surface area (Å²) in [5.41, 5.74) is 0. The first-order valence-corrected chi connectivity index (χ1v) is 3.08. The van der Waals surface area contributed by atoms with Crippen LogP contribution in [0.1, 0.15) is 6.92 Å². The number of carboxylic acids is 1. The number of hydrogen-bond acceptors (Lipinski definition) is 4. The summed E-state index contributed by atoms with van der Waals surface area (Å²) in [6.07, 6.45) is 0. The fourth-order valence-corrected chi connectivity index (χ4v) is 0. The van der Waals surface area contributed by atoms with Gasteiger partial charge in [-0.25, -0.2) is 13.9 Å². The number of ketones is 1. The van der Waals surface area contributed by atoms with E-state index in [9.17, 15) is 9.59 Å². The minimum Gasteiger partial charge on any atom is -0.476 e. The number of carboxylic acid groups (broad SMARTS) is 1. The molecule has 0 atom stereocenters. The number of carbonyl (C=O) groups is 2. The van der Waals surface area contributed by atoms with E-state index in [1.54, 1.807) is 0 Å². The molecule has 0 spiro atoms. The standard InChI is InChI=1S/C3H4O3.HO3P/c1-2(4)3(5)6;1-4(2)3/h1H3,(H,5,6);(H,1,2,3). The van der Waals surface area contributed by atoms with Gasteiger partial charge in [-0.1, -0.05) is 0 Å². The van der Waals surface area contributed by atoms with Crippen molar-refractivity contribution in [3.05, 3.63) is 0 Å². The molecule has 0 aliphatic rings.